The van der Waals surface area contributed by atoms with Crippen molar-refractivity contribution in [3.05, 3.63) is 23.9 Å². The number of aliphatic carboxylic acids is 2. The molecule has 0 unspecified atom stereocenters. The number of halogens is 6. The number of alkyl halides is 6. The van der Waals surface area contributed by atoms with E-state index in [9.17, 15) is 26.3 Å². The molecule has 30 heavy (non-hydrogen) atoms. The molecule has 2 bridgehead atoms. The van der Waals surface area contributed by atoms with Gasteiger partial charge in [-0.2, -0.15) is 26.3 Å². The first-order valence-electron chi connectivity index (χ1n) is 8.30. The minimum Gasteiger partial charge on any atom is -0.481 e. The van der Waals surface area contributed by atoms with E-state index in [0.717, 1.165) is 25.2 Å². The number of fused-ring (bicyclic) bond motifs is 2. The predicted molar refractivity (Wildman–Crippen MR) is 88.8 cm³/mol. The van der Waals surface area contributed by atoms with Crippen LogP contribution >= 0.6 is 0 Å². The van der Waals surface area contributed by atoms with Crippen molar-refractivity contribution in [1.82, 2.24) is 15.2 Å². The summed E-state index contributed by atoms with van der Waals surface area (Å²) in [6.07, 6.45) is -6.94. The Morgan fingerprint density at radius 3 is 2.00 bits per heavy atom. The molecule has 0 aromatic carbocycles. The van der Waals surface area contributed by atoms with Gasteiger partial charge >= 0.3 is 24.3 Å². The normalized spacial score (nSPS) is 20.5. The van der Waals surface area contributed by atoms with Gasteiger partial charge in [0.15, 0.2) is 0 Å². The van der Waals surface area contributed by atoms with Crippen LogP contribution in [-0.2, 0) is 16.1 Å². The number of aromatic nitrogens is 1. The first-order chi connectivity index (χ1) is 13.7. The second-order valence-corrected chi connectivity index (χ2v) is 6.24. The summed E-state index contributed by atoms with van der Waals surface area (Å²) in [5.41, 5.74) is 1.27. The Morgan fingerprint density at radius 1 is 1.17 bits per heavy atom. The van der Waals surface area contributed by atoms with Crippen molar-refractivity contribution in [1.29, 1.82) is 0 Å². The van der Waals surface area contributed by atoms with E-state index in [1.807, 2.05) is 12.3 Å². The lowest BCUT2D eigenvalue weighted by Crippen LogP contribution is -2.42. The molecule has 2 fully saturated rings. The van der Waals surface area contributed by atoms with E-state index >= 15 is 0 Å². The van der Waals surface area contributed by atoms with Crippen LogP contribution in [0.3, 0.4) is 0 Å². The Labute approximate surface area is 166 Å². The largest absolute Gasteiger partial charge is 0.490 e. The molecule has 0 spiro atoms. The average molecular weight is 447 g/mol. The van der Waals surface area contributed by atoms with E-state index in [1.54, 1.807) is 7.11 Å². The molecule has 14 heteroatoms. The predicted octanol–water partition coefficient (Wildman–Crippen LogP) is 1.90. The van der Waals surface area contributed by atoms with Crippen LogP contribution in [0.25, 0.3) is 0 Å². The number of carbonyl (C=O) groups is 2. The number of carboxylic acid groups (broad SMARTS) is 2. The molecule has 8 nitrogen and oxygen atoms in total. The van der Waals surface area contributed by atoms with Gasteiger partial charge in [0.2, 0.25) is 5.88 Å². The summed E-state index contributed by atoms with van der Waals surface area (Å²) in [4.78, 5) is 24.6. The third-order valence-electron chi connectivity index (χ3n) is 4.05. The Kier molecular flexibility index (Phi) is 8.84. The molecule has 1 aromatic rings. The van der Waals surface area contributed by atoms with Gasteiger partial charge in [0, 0.05) is 44.0 Å². The lowest BCUT2D eigenvalue weighted by Gasteiger charge is -2.27. The van der Waals surface area contributed by atoms with Crippen LogP contribution in [0, 0.1) is 0 Å². The van der Waals surface area contributed by atoms with Crippen molar-refractivity contribution in [3.8, 4) is 5.88 Å². The van der Waals surface area contributed by atoms with Crippen LogP contribution in [0.1, 0.15) is 12.0 Å². The minimum absolute atomic E-state index is 0.688. The maximum atomic E-state index is 10.6. The van der Waals surface area contributed by atoms with E-state index in [2.05, 4.69) is 21.3 Å². The maximum absolute atomic E-state index is 10.6. The number of nitrogens with zero attached hydrogens (tertiary/aromatic N) is 2. The smallest absolute Gasteiger partial charge is 0.481 e. The van der Waals surface area contributed by atoms with Crippen LogP contribution in [-0.4, -0.2) is 76.7 Å². The van der Waals surface area contributed by atoms with Gasteiger partial charge in [0.05, 0.1) is 7.11 Å². The Hall–Kier alpha value is -2.61. The SMILES string of the molecule is COc1ccc(CN2C[C@H]3C[C@@H]2CN3)cn1.O=C(O)C(F)(F)F.O=C(O)C(F)(F)F. The van der Waals surface area contributed by atoms with Crippen molar-refractivity contribution in [3.63, 3.8) is 0 Å². The van der Waals surface area contributed by atoms with Crippen LogP contribution in [0.2, 0.25) is 0 Å². The standard InChI is InChI=1S/C12H17N3O.2C2HF3O2/c1-16-12-3-2-9(5-14-12)7-15-8-10-4-11(15)6-13-10;2*3-2(4,5)1(6)7/h2-3,5,10-11,13H,4,6-8H2,1H3;2*(H,6,7)/t10-,11-;;/m1../s1. The van der Waals surface area contributed by atoms with Gasteiger partial charge in [-0.05, 0) is 12.0 Å². The minimum atomic E-state index is -5.08. The number of rotatable bonds is 3. The average Bonchev–Trinajstić information content (AvgIpc) is 3.25. The van der Waals surface area contributed by atoms with Crippen molar-refractivity contribution < 1.29 is 50.9 Å². The molecule has 0 saturated carbocycles. The lowest BCUT2D eigenvalue weighted by atomic mass is 10.2. The summed E-state index contributed by atoms with van der Waals surface area (Å²) in [5, 5.41) is 17.8. The van der Waals surface area contributed by atoms with E-state index in [-0.39, 0.29) is 0 Å². The zero-order valence-electron chi connectivity index (χ0n) is 15.5. The van der Waals surface area contributed by atoms with Gasteiger partial charge in [0.25, 0.3) is 0 Å². The first kappa shape index (κ1) is 25.4. The molecule has 2 aliphatic rings. The molecule has 1 aromatic heterocycles. The third kappa shape index (κ3) is 8.41. The van der Waals surface area contributed by atoms with Gasteiger partial charge in [-0.1, -0.05) is 6.07 Å². The zero-order chi connectivity index (χ0) is 23.1. The topological polar surface area (TPSA) is 112 Å². The Balaban J connectivity index is 0.000000271. The molecule has 3 N–H and O–H groups in total. The second kappa shape index (κ2) is 10.4. The van der Waals surface area contributed by atoms with Crippen molar-refractivity contribution in [2.24, 2.45) is 0 Å². The summed E-state index contributed by atoms with van der Waals surface area (Å²) in [7, 11) is 1.65. The van der Waals surface area contributed by atoms with Gasteiger partial charge in [-0.3, -0.25) is 4.90 Å². The highest BCUT2D eigenvalue weighted by molar-refractivity contribution is 5.73. The molecule has 2 saturated heterocycles. The van der Waals surface area contributed by atoms with Gasteiger partial charge in [-0.15, -0.1) is 0 Å². The van der Waals surface area contributed by atoms with Gasteiger partial charge < -0.3 is 20.3 Å². The number of ether oxygens (including phenoxy) is 1. The molecule has 2 aliphatic heterocycles. The number of hydrogen-bond donors (Lipinski definition) is 3. The summed E-state index contributed by atoms with van der Waals surface area (Å²) in [6, 6.07) is 5.48. The quantitative estimate of drug-likeness (QED) is 0.603. The molecule has 170 valence electrons. The summed E-state index contributed by atoms with van der Waals surface area (Å²) < 4.78 is 68.5. The van der Waals surface area contributed by atoms with Crippen LogP contribution in [0.15, 0.2) is 18.3 Å². The number of nitrogens with one attached hydrogen (secondary N) is 1. The highest BCUT2D eigenvalue weighted by Gasteiger charge is 2.39. The summed E-state index contributed by atoms with van der Waals surface area (Å²) >= 11 is 0. The number of likely N-dealkylation sites (tertiary alicyclic amines) is 1. The number of pyridine rings is 1. The van der Waals surface area contributed by atoms with Gasteiger partial charge in [0.1, 0.15) is 0 Å². The van der Waals surface area contributed by atoms with Crippen molar-refractivity contribution in [2.45, 2.75) is 37.4 Å². The summed E-state index contributed by atoms with van der Waals surface area (Å²) in [6.45, 7) is 3.34. The monoisotopic (exact) mass is 447 g/mol. The molecule has 0 aliphatic carbocycles. The van der Waals surface area contributed by atoms with Crippen LogP contribution in [0.5, 0.6) is 5.88 Å². The first-order valence-corrected chi connectivity index (χ1v) is 8.30. The lowest BCUT2D eigenvalue weighted by molar-refractivity contribution is -0.193. The third-order valence-corrected chi connectivity index (χ3v) is 4.05. The van der Waals surface area contributed by atoms with E-state index in [0.29, 0.717) is 5.88 Å². The van der Waals surface area contributed by atoms with Crippen molar-refractivity contribution in [2.75, 3.05) is 20.2 Å². The Bertz CT molecular complexity index is 687. The highest BCUT2D eigenvalue weighted by Crippen LogP contribution is 2.25. The fourth-order valence-electron chi connectivity index (χ4n) is 2.70. The van der Waals surface area contributed by atoms with Gasteiger partial charge in [-0.25, -0.2) is 14.6 Å². The molecule has 2 atom stereocenters. The Morgan fingerprint density at radius 2 is 1.70 bits per heavy atom. The number of piperazine rings is 1. The molecule has 3 rings (SSSR count). The van der Waals surface area contributed by atoms with E-state index < -0.39 is 24.3 Å². The van der Waals surface area contributed by atoms with E-state index in [1.165, 1.54) is 18.5 Å². The second-order valence-electron chi connectivity index (χ2n) is 6.24. The molecule has 0 amide bonds. The van der Waals surface area contributed by atoms with Crippen molar-refractivity contribution >= 4 is 11.9 Å². The molecular weight excluding hydrogens is 428 g/mol. The number of methoxy groups -OCH3 is 1. The fourth-order valence-corrected chi connectivity index (χ4v) is 2.70. The van der Waals surface area contributed by atoms with E-state index in [4.69, 9.17) is 24.5 Å². The molecule has 3 heterocycles. The van der Waals surface area contributed by atoms with Crippen LogP contribution in [0.4, 0.5) is 26.3 Å². The number of carboxylic acids is 2. The van der Waals surface area contributed by atoms with Crippen LogP contribution < -0.4 is 10.1 Å². The molecular formula is C16H19F6N3O5. The maximum Gasteiger partial charge on any atom is 0.490 e. The number of hydrogen-bond acceptors (Lipinski definition) is 6. The molecule has 0 radical (unpaired) electrons. The fraction of sp³-hybridized carbons (Fsp3) is 0.562. The summed E-state index contributed by atoms with van der Waals surface area (Å²) in [5.74, 6) is -4.83. The highest BCUT2D eigenvalue weighted by atomic mass is 19.4. The zero-order valence-corrected chi connectivity index (χ0v) is 15.5.